The van der Waals surface area contributed by atoms with Crippen LogP contribution in [0.3, 0.4) is 0 Å². The molecule has 1 heterocycles. The molecule has 0 spiro atoms. The number of hydrogen-bond donors (Lipinski definition) is 2. The number of nitrogens with zero attached hydrogens (tertiary/aromatic N) is 1. The first kappa shape index (κ1) is 16.0. The van der Waals surface area contributed by atoms with Crippen LogP contribution in [0.15, 0.2) is 18.3 Å². The lowest BCUT2D eigenvalue weighted by Gasteiger charge is -2.07. The Hall–Kier alpha value is -1.34. The van der Waals surface area contributed by atoms with Crippen LogP contribution in [-0.4, -0.2) is 16.7 Å². The number of thiazole rings is 1. The minimum atomic E-state index is -0.803. The lowest BCUT2D eigenvalue weighted by atomic mass is 10.2. The van der Waals surface area contributed by atoms with E-state index in [-0.39, 0.29) is 27.2 Å². The first-order chi connectivity index (χ1) is 9.86. The van der Waals surface area contributed by atoms with E-state index < -0.39 is 11.7 Å². The van der Waals surface area contributed by atoms with Crippen LogP contribution in [0.5, 0.6) is 0 Å². The SMILES string of the molecule is Nc1ncc(CC(=O)C(=O)Nc2cc(Cl)c(Cl)cc2Cl)s1. The summed E-state index contributed by atoms with van der Waals surface area (Å²) in [5, 5.41) is 3.40. The molecule has 5 nitrogen and oxygen atoms in total. The van der Waals surface area contributed by atoms with Crippen molar-refractivity contribution in [2.75, 3.05) is 11.1 Å². The van der Waals surface area contributed by atoms with Gasteiger partial charge in [-0.15, -0.1) is 11.3 Å². The van der Waals surface area contributed by atoms with Gasteiger partial charge in [0.05, 0.1) is 27.2 Å². The summed E-state index contributed by atoms with van der Waals surface area (Å²) in [6.45, 7) is 0. The molecule has 0 bridgehead atoms. The molecule has 0 saturated heterocycles. The van der Waals surface area contributed by atoms with Crippen molar-refractivity contribution in [1.82, 2.24) is 4.98 Å². The molecule has 0 radical (unpaired) electrons. The van der Waals surface area contributed by atoms with Crippen molar-refractivity contribution in [1.29, 1.82) is 0 Å². The normalized spacial score (nSPS) is 10.4. The number of aromatic nitrogens is 1. The predicted octanol–water partition coefficient (Wildman–Crippen LogP) is 3.44. The number of ketones is 1. The summed E-state index contributed by atoms with van der Waals surface area (Å²) >= 11 is 18.7. The van der Waals surface area contributed by atoms with Crippen molar-refractivity contribution in [2.45, 2.75) is 6.42 Å². The quantitative estimate of drug-likeness (QED) is 0.643. The summed E-state index contributed by atoms with van der Waals surface area (Å²) in [7, 11) is 0. The fraction of sp³-hybridized carbons (Fsp3) is 0.0833. The van der Waals surface area contributed by atoms with Gasteiger partial charge < -0.3 is 11.1 Å². The zero-order valence-corrected chi connectivity index (χ0v) is 13.4. The first-order valence-electron chi connectivity index (χ1n) is 5.55. The fourth-order valence-corrected chi connectivity index (χ4v) is 2.73. The van der Waals surface area contributed by atoms with E-state index in [1.165, 1.54) is 18.3 Å². The Morgan fingerprint density at radius 3 is 2.48 bits per heavy atom. The number of carbonyl (C=O) groups is 2. The zero-order valence-electron chi connectivity index (χ0n) is 10.3. The maximum absolute atomic E-state index is 11.8. The third-order valence-corrected chi connectivity index (χ3v) is 4.28. The van der Waals surface area contributed by atoms with Crippen molar-refractivity contribution < 1.29 is 9.59 Å². The second kappa shape index (κ2) is 6.62. The average molecular weight is 365 g/mol. The maximum Gasteiger partial charge on any atom is 0.292 e. The molecule has 1 aromatic heterocycles. The number of carbonyl (C=O) groups excluding carboxylic acids is 2. The number of nitrogen functional groups attached to an aromatic ring is 1. The second-order valence-electron chi connectivity index (χ2n) is 3.97. The molecule has 1 aromatic carbocycles. The third kappa shape index (κ3) is 4.07. The van der Waals surface area contributed by atoms with Crippen LogP contribution >= 0.6 is 46.1 Å². The number of nitrogens with two attached hydrogens (primary N) is 1. The smallest absolute Gasteiger partial charge is 0.292 e. The van der Waals surface area contributed by atoms with Gasteiger partial charge >= 0.3 is 0 Å². The number of amides is 1. The molecule has 2 rings (SSSR count). The number of benzene rings is 1. The predicted molar refractivity (Wildman–Crippen MR) is 85.3 cm³/mol. The van der Waals surface area contributed by atoms with E-state index in [0.29, 0.717) is 10.0 Å². The highest BCUT2D eigenvalue weighted by molar-refractivity contribution is 7.15. The van der Waals surface area contributed by atoms with E-state index >= 15 is 0 Å². The molecule has 2 aromatic rings. The number of nitrogens with one attached hydrogen (secondary N) is 1. The molecule has 0 fully saturated rings. The van der Waals surface area contributed by atoms with Gasteiger partial charge in [-0.25, -0.2) is 4.98 Å². The van der Waals surface area contributed by atoms with E-state index in [1.54, 1.807) is 0 Å². The highest BCUT2D eigenvalue weighted by Gasteiger charge is 2.17. The van der Waals surface area contributed by atoms with Gasteiger partial charge in [0.15, 0.2) is 5.13 Å². The molecule has 110 valence electrons. The average Bonchev–Trinajstić information content (AvgIpc) is 2.81. The van der Waals surface area contributed by atoms with Crippen LogP contribution in [-0.2, 0) is 16.0 Å². The van der Waals surface area contributed by atoms with Gasteiger partial charge in [-0.3, -0.25) is 9.59 Å². The summed E-state index contributed by atoms with van der Waals surface area (Å²) in [6, 6.07) is 2.76. The van der Waals surface area contributed by atoms with Crippen molar-refractivity contribution in [2.24, 2.45) is 0 Å². The lowest BCUT2D eigenvalue weighted by Crippen LogP contribution is -2.24. The van der Waals surface area contributed by atoms with E-state index in [0.717, 1.165) is 11.3 Å². The fourth-order valence-electron chi connectivity index (χ4n) is 1.45. The Kier molecular flexibility index (Phi) is 5.05. The molecule has 0 saturated carbocycles. The van der Waals surface area contributed by atoms with Crippen LogP contribution in [0.25, 0.3) is 0 Å². The van der Waals surface area contributed by atoms with Crippen molar-refractivity contribution >= 4 is 68.6 Å². The van der Waals surface area contributed by atoms with Crippen molar-refractivity contribution in [3.05, 3.63) is 38.3 Å². The molecule has 1 amide bonds. The third-order valence-electron chi connectivity index (χ3n) is 2.42. The van der Waals surface area contributed by atoms with Gasteiger partial charge in [0.25, 0.3) is 5.91 Å². The second-order valence-corrected chi connectivity index (χ2v) is 6.33. The Morgan fingerprint density at radius 2 is 1.86 bits per heavy atom. The highest BCUT2D eigenvalue weighted by Crippen LogP contribution is 2.32. The van der Waals surface area contributed by atoms with Crippen LogP contribution in [0.2, 0.25) is 15.1 Å². The van der Waals surface area contributed by atoms with Gasteiger partial charge in [0.1, 0.15) is 0 Å². The largest absolute Gasteiger partial charge is 0.375 e. The summed E-state index contributed by atoms with van der Waals surface area (Å²) in [6.07, 6.45) is 1.37. The lowest BCUT2D eigenvalue weighted by molar-refractivity contribution is -0.134. The number of rotatable bonds is 4. The summed E-state index contributed by atoms with van der Waals surface area (Å²) < 4.78 is 0. The van der Waals surface area contributed by atoms with Crippen LogP contribution in [0.4, 0.5) is 10.8 Å². The number of Topliss-reactive ketones (excluding diaryl/α,β-unsaturated/α-hetero) is 1. The Bertz CT molecular complexity index is 718. The minimum absolute atomic E-state index is 0.0837. The highest BCUT2D eigenvalue weighted by atomic mass is 35.5. The van der Waals surface area contributed by atoms with Gasteiger partial charge in [-0.05, 0) is 12.1 Å². The molecule has 0 aliphatic heterocycles. The summed E-state index contributed by atoms with van der Waals surface area (Å²) in [4.78, 5) is 28.1. The summed E-state index contributed by atoms with van der Waals surface area (Å²) in [5.74, 6) is -1.44. The molecular weight excluding hydrogens is 357 g/mol. The zero-order chi connectivity index (χ0) is 15.6. The van der Waals surface area contributed by atoms with Gasteiger partial charge in [0.2, 0.25) is 5.78 Å². The molecule has 0 aliphatic carbocycles. The van der Waals surface area contributed by atoms with E-state index in [1.807, 2.05) is 0 Å². The molecule has 21 heavy (non-hydrogen) atoms. The molecule has 3 N–H and O–H groups in total. The van der Waals surface area contributed by atoms with Gasteiger partial charge in [0, 0.05) is 11.1 Å². The molecule has 0 unspecified atom stereocenters. The van der Waals surface area contributed by atoms with Crippen LogP contribution in [0.1, 0.15) is 4.88 Å². The maximum atomic E-state index is 11.8. The Labute approximate surface area is 139 Å². The Balaban J connectivity index is 2.07. The monoisotopic (exact) mass is 363 g/mol. The van der Waals surface area contributed by atoms with Gasteiger partial charge in [-0.2, -0.15) is 0 Å². The first-order valence-corrected chi connectivity index (χ1v) is 7.50. The number of halogens is 3. The van der Waals surface area contributed by atoms with E-state index in [2.05, 4.69) is 10.3 Å². The van der Waals surface area contributed by atoms with Crippen LogP contribution < -0.4 is 11.1 Å². The standard InChI is InChI=1S/C12H8Cl3N3O2S/c13-6-2-8(15)9(3-7(6)14)18-11(20)10(19)1-5-4-17-12(16)21-5/h2-4H,1H2,(H2,16,17)(H,18,20). The minimum Gasteiger partial charge on any atom is -0.375 e. The Morgan fingerprint density at radius 1 is 1.19 bits per heavy atom. The summed E-state index contributed by atoms with van der Waals surface area (Å²) in [5.41, 5.74) is 5.67. The number of anilines is 2. The molecule has 9 heteroatoms. The van der Waals surface area contributed by atoms with Crippen molar-refractivity contribution in [3.63, 3.8) is 0 Å². The number of hydrogen-bond acceptors (Lipinski definition) is 5. The topological polar surface area (TPSA) is 85.1 Å². The van der Waals surface area contributed by atoms with Gasteiger partial charge in [-0.1, -0.05) is 34.8 Å². The molecule has 0 atom stereocenters. The molecular formula is C12H8Cl3N3O2S. The van der Waals surface area contributed by atoms with Crippen LogP contribution in [0, 0.1) is 0 Å². The van der Waals surface area contributed by atoms with Crippen molar-refractivity contribution in [3.8, 4) is 0 Å². The van der Waals surface area contributed by atoms with E-state index in [4.69, 9.17) is 40.5 Å². The van der Waals surface area contributed by atoms with E-state index in [9.17, 15) is 9.59 Å². The molecule has 0 aliphatic rings.